The van der Waals surface area contributed by atoms with Gasteiger partial charge in [0.2, 0.25) is 11.9 Å². The number of halogens is 1. The van der Waals surface area contributed by atoms with Gasteiger partial charge >= 0.3 is 0 Å². The molecule has 1 aromatic heterocycles. The molecule has 0 amide bonds. The van der Waals surface area contributed by atoms with E-state index >= 15 is 0 Å². The van der Waals surface area contributed by atoms with E-state index in [2.05, 4.69) is 27.2 Å². The molecule has 21 heavy (non-hydrogen) atoms. The van der Waals surface area contributed by atoms with Crippen LogP contribution in [-0.4, -0.2) is 35.6 Å². The highest BCUT2D eigenvalue weighted by molar-refractivity contribution is 5.62. The fraction of sp³-hybridized carbons (Fsp3) is 0.400. The van der Waals surface area contributed by atoms with E-state index in [1.54, 1.807) is 11.0 Å². The van der Waals surface area contributed by atoms with E-state index in [0.29, 0.717) is 23.3 Å². The van der Waals surface area contributed by atoms with Gasteiger partial charge in [-0.15, -0.1) is 0 Å². The molecule has 0 aliphatic carbocycles. The van der Waals surface area contributed by atoms with Gasteiger partial charge in [0.15, 0.2) is 5.82 Å². The van der Waals surface area contributed by atoms with Gasteiger partial charge in [0.1, 0.15) is 5.82 Å². The third kappa shape index (κ3) is 3.65. The average Bonchev–Trinajstić information content (AvgIpc) is 2.47. The van der Waals surface area contributed by atoms with E-state index in [4.69, 9.17) is 0 Å². The van der Waals surface area contributed by atoms with Crippen LogP contribution in [0.15, 0.2) is 18.2 Å². The first-order valence-electron chi connectivity index (χ1n) is 6.95. The van der Waals surface area contributed by atoms with Crippen LogP contribution in [0.2, 0.25) is 0 Å². The average molecular weight is 289 g/mol. The van der Waals surface area contributed by atoms with Crippen LogP contribution >= 0.6 is 0 Å². The van der Waals surface area contributed by atoms with Gasteiger partial charge in [0, 0.05) is 26.2 Å². The first kappa shape index (κ1) is 15.2. The molecule has 0 bridgehead atoms. The molecule has 1 aromatic carbocycles. The maximum atomic E-state index is 13.5. The number of anilines is 2. The number of nitrogens with one attached hydrogen (secondary N) is 1. The molecule has 112 valence electrons. The Labute approximate surface area is 124 Å². The van der Waals surface area contributed by atoms with E-state index in [9.17, 15) is 4.39 Å². The molecule has 0 aliphatic rings. The topological polar surface area (TPSA) is 53.9 Å². The van der Waals surface area contributed by atoms with Crippen LogP contribution < -0.4 is 10.2 Å². The van der Waals surface area contributed by atoms with Crippen molar-refractivity contribution in [3.63, 3.8) is 0 Å². The summed E-state index contributed by atoms with van der Waals surface area (Å²) in [5, 5.41) is 3.15. The van der Waals surface area contributed by atoms with Gasteiger partial charge < -0.3 is 10.2 Å². The first-order valence-corrected chi connectivity index (χ1v) is 6.95. The maximum Gasteiger partial charge on any atom is 0.230 e. The standard InChI is InChI=1S/C15H20FN5/c1-5-8-17-14-18-13(19-15(20-14)21(3)4)12-9-11(16)7-6-10(12)2/h6-7,9H,5,8H2,1-4H3,(H,17,18,19,20). The zero-order valence-electron chi connectivity index (χ0n) is 12.8. The summed E-state index contributed by atoms with van der Waals surface area (Å²) in [7, 11) is 3.72. The third-order valence-corrected chi connectivity index (χ3v) is 3.00. The van der Waals surface area contributed by atoms with Crippen molar-refractivity contribution >= 4 is 11.9 Å². The predicted octanol–water partition coefficient (Wildman–Crippen LogP) is 2.87. The van der Waals surface area contributed by atoms with Crippen LogP contribution in [-0.2, 0) is 0 Å². The molecule has 0 radical (unpaired) electrons. The maximum absolute atomic E-state index is 13.5. The minimum Gasteiger partial charge on any atom is -0.354 e. The number of aryl methyl sites for hydroxylation is 1. The lowest BCUT2D eigenvalue weighted by Crippen LogP contribution is -2.16. The summed E-state index contributed by atoms with van der Waals surface area (Å²) >= 11 is 0. The molecule has 0 aliphatic heterocycles. The lowest BCUT2D eigenvalue weighted by Gasteiger charge is -2.14. The van der Waals surface area contributed by atoms with Crippen molar-refractivity contribution in [2.45, 2.75) is 20.3 Å². The monoisotopic (exact) mass is 289 g/mol. The zero-order valence-corrected chi connectivity index (χ0v) is 12.8. The van der Waals surface area contributed by atoms with Gasteiger partial charge in [-0.05, 0) is 31.0 Å². The molecule has 2 aromatic rings. The van der Waals surface area contributed by atoms with E-state index in [0.717, 1.165) is 18.5 Å². The van der Waals surface area contributed by atoms with Crippen molar-refractivity contribution in [2.75, 3.05) is 30.9 Å². The van der Waals surface area contributed by atoms with Crippen molar-refractivity contribution in [3.05, 3.63) is 29.6 Å². The Morgan fingerprint density at radius 3 is 2.62 bits per heavy atom. The summed E-state index contributed by atoms with van der Waals surface area (Å²) < 4.78 is 13.5. The molecule has 1 N–H and O–H groups in total. The van der Waals surface area contributed by atoms with Crippen LogP contribution in [0, 0.1) is 12.7 Å². The van der Waals surface area contributed by atoms with E-state index in [-0.39, 0.29) is 5.82 Å². The van der Waals surface area contributed by atoms with Crippen LogP contribution in [0.3, 0.4) is 0 Å². The summed E-state index contributed by atoms with van der Waals surface area (Å²) in [5.41, 5.74) is 1.61. The lowest BCUT2D eigenvalue weighted by atomic mass is 10.1. The molecule has 0 atom stereocenters. The summed E-state index contributed by atoms with van der Waals surface area (Å²) in [6.45, 7) is 4.75. The van der Waals surface area contributed by atoms with Crippen LogP contribution in [0.1, 0.15) is 18.9 Å². The largest absolute Gasteiger partial charge is 0.354 e. The molecule has 6 heteroatoms. The Bertz CT molecular complexity index is 627. The fourth-order valence-corrected chi connectivity index (χ4v) is 1.84. The number of hydrogen-bond acceptors (Lipinski definition) is 5. The van der Waals surface area contributed by atoms with Crippen LogP contribution in [0.5, 0.6) is 0 Å². The van der Waals surface area contributed by atoms with Gasteiger partial charge in [-0.2, -0.15) is 15.0 Å². The number of hydrogen-bond donors (Lipinski definition) is 1. The summed E-state index contributed by atoms with van der Waals surface area (Å²) in [5.74, 6) is 1.23. The number of aromatic nitrogens is 3. The van der Waals surface area contributed by atoms with E-state index in [1.807, 2.05) is 21.0 Å². The Kier molecular flexibility index (Phi) is 4.67. The molecule has 1 heterocycles. The molecule has 0 spiro atoms. The van der Waals surface area contributed by atoms with Gasteiger partial charge in [-0.25, -0.2) is 4.39 Å². The zero-order chi connectivity index (χ0) is 15.4. The second-order valence-electron chi connectivity index (χ2n) is 5.06. The summed E-state index contributed by atoms with van der Waals surface area (Å²) in [4.78, 5) is 15.0. The minimum absolute atomic E-state index is 0.300. The van der Waals surface area contributed by atoms with Crippen molar-refractivity contribution in [1.82, 2.24) is 15.0 Å². The van der Waals surface area contributed by atoms with Gasteiger partial charge in [0.25, 0.3) is 0 Å². The number of nitrogens with zero attached hydrogens (tertiary/aromatic N) is 4. The SMILES string of the molecule is CCCNc1nc(-c2cc(F)ccc2C)nc(N(C)C)n1. The number of rotatable bonds is 5. The second-order valence-corrected chi connectivity index (χ2v) is 5.06. The Morgan fingerprint density at radius 2 is 1.95 bits per heavy atom. The van der Waals surface area contributed by atoms with E-state index in [1.165, 1.54) is 12.1 Å². The molecule has 0 saturated carbocycles. The quantitative estimate of drug-likeness (QED) is 0.917. The Morgan fingerprint density at radius 1 is 1.19 bits per heavy atom. The first-order chi connectivity index (χ1) is 10.0. The minimum atomic E-state index is -0.300. The van der Waals surface area contributed by atoms with Crippen LogP contribution in [0.4, 0.5) is 16.3 Å². The molecule has 0 unspecified atom stereocenters. The van der Waals surface area contributed by atoms with Gasteiger partial charge in [-0.3, -0.25) is 0 Å². The Hall–Kier alpha value is -2.24. The third-order valence-electron chi connectivity index (χ3n) is 3.00. The van der Waals surface area contributed by atoms with E-state index < -0.39 is 0 Å². The van der Waals surface area contributed by atoms with Crippen molar-refractivity contribution in [1.29, 1.82) is 0 Å². The molecule has 0 saturated heterocycles. The van der Waals surface area contributed by atoms with Gasteiger partial charge in [-0.1, -0.05) is 13.0 Å². The summed E-state index contributed by atoms with van der Waals surface area (Å²) in [6.07, 6.45) is 0.970. The summed E-state index contributed by atoms with van der Waals surface area (Å²) in [6, 6.07) is 4.61. The van der Waals surface area contributed by atoms with Crippen molar-refractivity contribution in [3.8, 4) is 11.4 Å². The smallest absolute Gasteiger partial charge is 0.230 e. The lowest BCUT2D eigenvalue weighted by molar-refractivity contribution is 0.627. The molecular weight excluding hydrogens is 269 g/mol. The highest BCUT2D eigenvalue weighted by Crippen LogP contribution is 2.23. The fourth-order valence-electron chi connectivity index (χ4n) is 1.84. The van der Waals surface area contributed by atoms with Gasteiger partial charge in [0.05, 0.1) is 0 Å². The molecule has 0 fully saturated rings. The normalized spacial score (nSPS) is 10.5. The molecule has 5 nitrogen and oxygen atoms in total. The highest BCUT2D eigenvalue weighted by atomic mass is 19.1. The van der Waals surface area contributed by atoms with Crippen molar-refractivity contribution < 1.29 is 4.39 Å². The number of benzene rings is 1. The Balaban J connectivity index is 2.51. The van der Waals surface area contributed by atoms with Crippen molar-refractivity contribution in [2.24, 2.45) is 0 Å². The molecule has 2 rings (SSSR count). The predicted molar refractivity (Wildman–Crippen MR) is 83.1 cm³/mol. The molecular formula is C15H20FN5. The second kappa shape index (κ2) is 6.47. The highest BCUT2D eigenvalue weighted by Gasteiger charge is 2.12. The van der Waals surface area contributed by atoms with Crippen LogP contribution in [0.25, 0.3) is 11.4 Å².